The Morgan fingerprint density at radius 3 is 2.89 bits per heavy atom. The van der Waals surface area contributed by atoms with Crippen LogP contribution in [0.3, 0.4) is 0 Å². The van der Waals surface area contributed by atoms with Crippen molar-refractivity contribution in [2.24, 2.45) is 0 Å². The molecule has 0 aliphatic rings. The minimum absolute atomic E-state index is 0.577. The van der Waals surface area contributed by atoms with E-state index in [1.54, 1.807) is 13.1 Å². The first kappa shape index (κ1) is 12.8. The highest BCUT2D eigenvalue weighted by molar-refractivity contribution is 9.10. The number of aryl methyl sites for hydroxylation is 1. The van der Waals surface area contributed by atoms with Crippen molar-refractivity contribution in [1.82, 2.24) is 15.1 Å². The van der Waals surface area contributed by atoms with Crippen LogP contribution in [0.5, 0.6) is 0 Å². The monoisotopic (exact) mass is 311 g/mol. The molecular formula is C11H14BrN5O. The maximum absolute atomic E-state index is 5.76. The average Bonchev–Trinajstić information content (AvgIpc) is 2.75. The van der Waals surface area contributed by atoms with Gasteiger partial charge in [-0.3, -0.25) is 0 Å². The van der Waals surface area contributed by atoms with Crippen LogP contribution in [0.25, 0.3) is 0 Å². The lowest BCUT2D eigenvalue weighted by Crippen LogP contribution is -2.09. The summed E-state index contributed by atoms with van der Waals surface area (Å²) in [6.45, 7) is 4.38. The van der Waals surface area contributed by atoms with Crippen LogP contribution in [0, 0.1) is 13.8 Å². The third kappa shape index (κ3) is 2.79. The van der Waals surface area contributed by atoms with Gasteiger partial charge >= 0.3 is 0 Å². The summed E-state index contributed by atoms with van der Waals surface area (Å²) < 4.78 is 5.78. The lowest BCUT2D eigenvalue weighted by Gasteiger charge is -2.09. The van der Waals surface area contributed by atoms with Crippen LogP contribution in [0.4, 0.5) is 11.5 Å². The van der Waals surface area contributed by atoms with Crippen LogP contribution in [-0.2, 0) is 6.42 Å². The Balaban J connectivity index is 1.96. The lowest BCUT2D eigenvalue weighted by molar-refractivity contribution is 0.387. The Hall–Kier alpha value is -1.63. The Kier molecular flexibility index (Phi) is 3.81. The number of pyridine rings is 1. The summed E-state index contributed by atoms with van der Waals surface area (Å²) in [5.74, 6) is 2.03. The topological polar surface area (TPSA) is 89.9 Å². The lowest BCUT2D eigenvalue weighted by atomic mass is 10.2. The zero-order chi connectivity index (χ0) is 13.1. The minimum atomic E-state index is 0.577. The van der Waals surface area contributed by atoms with Gasteiger partial charge in [0.05, 0.1) is 16.4 Å². The van der Waals surface area contributed by atoms with Crippen LogP contribution in [-0.4, -0.2) is 21.7 Å². The van der Waals surface area contributed by atoms with Crippen molar-refractivity contribution in [3.63, 3.8) is 0 Å². The van der Waals surface area contributed by atoms with Gasteiger partial charge < -0.3 is 15.6 Å². The number of nitrogens with one attached hydrogen (secondary N) is 1. The van der Waals surface area contributed by atoms with Gasteiger partial charge in [0.15, 0.2) is 5.82 Å². The molecule has 0 radical (unpaired) electrons. The largest absolute Gasteiger partial charge is 0.397 e. The number of aromatic nitrogens is 3. The molecule has 0 unspecified atom stereocenters. The Morgan fingerprint density at radius 1 is 1.44 bits per heavy atom. The van der Waals surface area contributed by atoms with Crippen molar-refractivity contribution in [3.8, 4) is 0 Å². The normalized spacial score (nSPS) is 10.6. The van der Waals surface area contributed by atoms with Crippen LogP contribution >= 0.6 is 15.9 Å². The standard InChI is InChI=1S/C11H14BrN5O/c1-6-8(13)5-15-11(10(6)12)14-4-3-9-16-7(2)18-17-9/h5H,3-4,13H2,1-2H3,(H,14,15). The summed E-state index contributed by atoms with van der Waals surface area (Å²) in [6, 6.07) is 0. The van der Waals surface area contributed by atoms with E-state index in [1.807, 2.05) is 6.92 Å². The second kappa shape index (κ2) is 5.34. The molecule has 0 fully saturated rings. The maximum atomic E-state index is 5.76. The number of nitrogens with two attached hydrogens (primary N) is 1. The summed E-state index contributed by atoms with van der Waals surface area (Å²) >= 11 is 3.47. The van der Waals surface area contributed by atoms with E-state index >= 15 is 0 Å². The quantitative estimate of drug-likeness (QED) is 0.898. The van der Waals surface area contributed by atoms with Gasteiger partial charge in [-0.05, 0) is 28.4 Å². The molecule has 0 saturated carbocycles. The van der Waals surface area contributed by atoms with Gasteiger partial charge in [-0.2, -0.15) is 4.98 Å². The van der Waals surface area contributed by atoms with Gasteiger partial charge in [-0.25, -0.2) is 4.98 Å². The number of halogens is 1. The van der Waals surface area contributed by atoms with Crippen molar-refractivity contribution in [1.29, 1.82) is 0 Å². The van der Waals surface area contributed by atoms with Gasteiger partial charge in [0.2, 0.25) is 5.89 Å². The van der Waals surface area contributed by atoms with E-state index in [0.717, 1.165) is 15.9 Å². The SMILES string of the molecule is Cc1nc(CCNc2ncc(N)c(C)c2Br)no1. The van der Waals surface area contributed by atoms with Crippen molar-refractivity contribution in [3.05, 3.63) is 27.9 Å². The number of nitrogen functional groups attached to an aromatic ring is 1. The molecule has 2 rings (SSSR count). The van der Waals surface area contributed by atoms with Crippen LogP contribution in [0.1, 0.15) is 17.3 Å². The Bertz CT molecular complexity index is 554. The number of rotatable bonds is 4. The van der Waals surface area contributed by atoms with Crippen molar-refractivity contribution < 1.29 is 4.52 Å². The zero-order valence-electron chi connectivity index (χ0n) is 10.2. The Morgan fingerprint density at radius 2 is 2.22 bits per heavy atom. The smallest absolute Gasteiger partial charge is 0.223 e. The molecule has 2 heterocycles. The van der Waals surface area contributed by atoms with Gasteiger partial charge in [-0.1, -0.05) is 5.16 Å². The van der Waals surface area contributed by atoms with E-state index in [2.05, 4.69) is 36.4 Å². The average molecular weight is 312 g/mol. The number of hydrogen-bond donors (Lipinski definition) is 2. The molecule has 0 atom stereocenters. The molecule has 0 aromatic carbocycles. The zero-order valence-corrected chi connectivity index (χ0v) is 11.8. The number of nitrogens with zero attached hydrogens (tertiary/aromatic N) is 3. The highest BCUT2D eigenvalue weighted by atomic mass is 79.9. The van der Waals surface area contributed by atoms with Crippen molar-refractivity contribution >= 4 is 27.4 Å². The molecule has 0 aliphatic carbocycles. The van der Waals surface area contributed by atoms with Gasteiger partial charge in [0, 0.05) is 19.9 Å². The molecule has 0 spiro atoms. The third-order valence-electron chi connectivity index (χ3n) is 2.51. The molecular weight excluding hydrogens is 298 g/mol. The second-order valence-corrected chi connectivity index (χ2v) is 4.70. The van der Waals surface area contributed by atoms with E-state index in [0.29, 0.717) is 30.4 Å². The summed E-state index contributed by atoms with van der Waals surface area (Å²) in [6.07, 6.45) is 2.32. The number of hydrogen-bond acceptors (Lipinski definition) is 6. The van der Waals surface area contributed by atoms with E-state index < -0.39 is 0 Å². The Labute approximate surface area is 113 Å². The molecule has 6 nitrogen and oxygen atoms in total. The van der Waals surface area contributed by atoms with Gasteiger partial charge in [-0.15, -0.1) is 0 Å². The highest BCUT2D eigenvalue weighted by Crippen LogP contribution is 2.27. The molecule has 2 aromatic heterocycles. The fraction of sp³-hybridized carbons (Fsp3) is 0.364. The molecule has 0 bridgehead atoms. The fourth-order valence-electron chi connectivity index (χ4n) is 1.45. The van der Waals surface area contributed by atoms with E-state index in [9.17, 15) is 0 Å². The van der Waals surface area contributed by atoms with Gasteiger partial charge in [0.1, 0.15) is 5.82 Å². The third-order valence-corrected chi connectivity index (χ3v) is 3.48. The molecule has 0 saturated heterocycles. The molecule has 3 N–H and O–H groups in total. The van der Waals surface area contributed by atoms with E-state index in [-0.39, 0.29) is 0 Å². The first-order chi connectivity index (χ1) is 8.58. The summed E-state index contributed by atoms with van der Waals surface area (Å²) in [5, 5.41) is 7.03. The molecule has 18 heavy (non-hydrogen) atoms. The van der Waals surface area contributed by atoms with Crippen LogP contribution in [0.15, 0.2) is 15.2 Å². The predicted molar refractivity (Wildman–Crippen MR) is 72.3 cm³/mol. The first-order valence-electron chi connectivity index (χ1n) is 5.51. The first-order valence-corrected chi connectivity index (χ1v) is 6.31. The number of anilines is 2. The fourth-order valence-corrected chi connectivity index (χ4v) is 1.92. The molecule has 96 valence electrons. The van der Waals surface area contributed by atoms with E-state index in [1.165, 1.54) is 0 Å². The summed E-state index contributed by atoms with van der Waals surface area (Å²) in [7, 11) is 0. The second-order valence-electron chi connectivity index (χ2n) is 3.91. The highest BCUT2D eigenvalue weighted by Gasteiger charge is 2.07. The molecule has 7 heteroatoms. The van der Waals surface area contributed by atoms with Gasteiger partial charge in [0.25, 0.3) is 0 Å². The van der Waals surface area contributed by atoms with E-state index in [4.69, 9.17) is 10.3 Å². The molecule has 0 aliphatic heterocycles. The summed E-state index contributed by atoms with van der Waals surface area (Å²) in [4.78, 5) is 8.35. The molecule has 0 amide bonds. The van der Waals surface area contributed by atoms with Crippen molar-refractivity contribution in [2.45, 2.75) is 20.3 Å². The molecule has 2 aromatic rings. The summed E-state index contributed by atoms with van der Waals surface area (Å²) in [5.41, 5.74) is 7.40. The van der Waals surface area contributed by atoms with Crippen LogP contribution < -0.4 is 11.1 Å². The van der Waals surface area contributed by atoms with Crippen molar-refractivity contribution in [2.75, 3.05) is 17.6 Å². The van der Waals surface area contributed by atoms with Crippen LogP contribution in [0.2, 0.25) is 0 Å². The maximum Gasteiger partial charge on any atom is 0.223 e. The predicted octanol–water partition coefficient (Wildman–Crippen LogP) is 2.08. The minimum Gasteiger partial charge on any atom is -0.397 e.